The number of hydrogen-bond donors (Lipinski definition) is 0. The molecule has 1 saturated heterocycles. The highest BCUT2D eigenvalue weighted by molar-refractivity contribution is 5.47. The largest absolute Gasteiger partial charge is 0.457 e. The van der Waals surface area contributed by atoms with Gasteiger partial charge in [0.05, 0.1) is 35.3 Å². The highest BCUT2D eigenvalue weighted by atomic mass is 16.7. The van der Waals surface area contributed by atoms with Gasteiger partial charge in [0.2, 0.25) is 0 Å². The van der Waals surface area contributed by atoms with Crippen LogP contribution in [0.1, 0.15) is 31.3 Å². The Hall–Kier alpha value is -2.95. The Balaban J connectivity index is 0.00000109. The molecule has 1 heterocycles. The van der Waals surface area contributed by atoms with Gasteiger partial charge in [0.15, 0.2) is 6.29 Å². The molecule has 7 nitrogen and oxygen atoms in total. The van der Waals surface area contributed by atoms with Crippen molar-refractivity contribution in [3.8, 4) is 17.6 Å². The molecule has 0 unspecified atom stereocenters. The quantitative estimate of drug-likeness (QED) is 0.606. The molecule has 1 fully saturated rings. The van der Waals surface area contributed by atoms with Crippen molar-refractivity contribution in [3.05, 3.63) is 63.7 Å². The molecule has 25 heavy (non-hydrogen) atoms. The zero-order valence-electron chi connectivity index (χ0n) is 14.0. The Morgan fingerprint density at radius 2 is 1.72 bits per heavy atom. The van der Waals surface area contributed by atoms with Gasteiger partial charge in [-0.2, -0.15) is 5.26 Å². The normalized spacial score (nSPS) is 13.5. The van der Waals surface area contributed by atoms with Crippen molar-refractivity contribution in [2.24, 2.45) is 0 Å². The van der Waals surface area contributed by atoms with Gasteiger partial charge in [-0.25, -0.2) is 0 Å². The second-order valence-corrected chi connectivity index (χ2v) is 4.79. The minimum Gasteiger partial charge on any atom is -0.457 e. The topological polar surface area (TPSA) is 94.6 Å². The molecule has 0 aliphatic carbocycles. The number of nitriles is 1. The minimum absolute atomic E-state index is 0.0796. The molecule has 3 rings (SSSR count). The maximum atomic E-state index is 11.1. The molecule has 1 aliphatic rings. The smallest absolute Gasteiger partial charge is 0.277 e. The van der Waals surface area contributed by atoms with Crippen molar-refractivity contribution in [2.75, 3.05) is 13.2 Å². The first-order chi connectivity index (χ1) is 12.2. The van der Waals surface area contributed by atoms with Crippen LogP contribution in [0.25, 0.3) is 0 Å². The molecular formula is C18H18N2O5. The third-order valence-electron chi connectivity index (χ3n) is 3.29. The van der Waals surface area contributed by atoms with E-state index >= 15 is 0 Å². The minimum atomic E-state index is -0.764. The summed E-state index contributed by atoms with van der Waals surface area (Å²) in [4.78, 5) is 10.7. The second kappa shape index (κ2) is 8.78. The molecule has 2 aromatic carbocycles. The lowest BCUT2D eigenvalue weighted by Gasteiger charge is -2.12. The summed E-state index contributed by atoms with van der Waals surface area (Å²) in [5, 5.41) is 19.9. The van der Waals surface area contributed by atoms with E-state index in [2.05, 4.69) is 0 Å². The van der Waals surface area contributed by atoms with Crippen LogP contribution in [0.3, 0.4) is 0 Å². The molecule has 1 aliphatic heterocycles. The van der Waals surface area contributed by atoms with Crippen LogP contribution in [0.15, 0.2) is 42.5 Å². The fourth-order valence-electron chi connectivity index (χ4n) is 2.22. The number of ether oxygens (including phenoxy) is 3. The van der Waals surface area contributed by atoms with E-state index in [0.717, 1.165) is 0 Å². The van der Waals surface area contributed by atoms with Crippen molar-refractivity contribution in [1.29, 1.82) is 5.26 Å². The van der Waals surface area contributed by atoms with Crippen LogP contribution in [0.2, 0.25) is 0 Å². The molecule has 0 amide bonds. The third-order valence-corrected chi connectivity index (χ3v) is 3.29. The van der Waals surface area contributed by atoms with Crippen molar-refractivity contribution in [2.45, 2.75) is 20.1 Å². The van der Waals surface area contributed by atoms with E-state index < -0.39 is 11.2 Å². The van der Waals surface area contributed by atoms with Gasteiger partial charge >= 0.3 is 0 Å². The highest BCUT2D eigenvalue weighted by Gasteiger charge is 2.27. The fourth-order valence-corrected chi connectivity index (χ4v) is 2.22. The molecule has 7 heteroatoms. The Morgan fingerprint density at radius 1 is 1.12 bits per heavy atom. The number of nitro benzene ring substituents is 1. The Labute approximate surface area is 145 Å². The Morgan fingerprint density at radius 3 is 2.28 bits per heavy atom. The fraction of sp³-hybridized carbons (Fsp3) is 0.278. The molecule has 0 aromatic heterocycles. The molecule has 0 bridgehead atoms. The molecule has 0 radical (unpaired) electrons. The summed E-state index contributed by atoms with van der Waals surface area (Å²) in [7, 11) is 0. The van der Waals surface area contributed by atoms with Gasteiger partial charge in [-0.3, -0.25) is 10.1 Å². The van der Waals surface area contributed by atoms with E-state index in [4.69, 9.17) is 19.5 Å². The lowest BCUT2D eigenvalue weighted by molar-refractivity contribution is -0.386. The van der Waals surface area contributed by atoms with E-state index in [0.29, 0.717) is 35.8 Å². The molecule has 0 atom stereocenters. The lowest BCUT2D eigenvalue weighted by Crippen LogP contribution is -2.03. The van der Waals surface area contributed by atoms with E-state index in [-0.39, 0.29) is 5.69 Å². The lowest BCUT2D eigenvalue weighted by atomic mass is 10.1. The highest BCUT2D eigenvalue weighted by Crippen LogP contribution is 2.35. The van der Waals surface area contributed by atoms with Gasteiger partial charge in [0.25, 0.3) is 5.69 Å². The Bertz CT molecular complexity index is 762. The molecule has 0 saturated carbocycles. The Kier molecular flexibility index (Phi) is 6.46. The molecule has 2 aromatic rings. The van der Waals surface area contributed by atoms with E-state index in [1.54, 1.807) is 24.3 Å². The zero-order valence-corrected chi connectivity index (χ0v) is 14.0. The van der Waals surface area contributed by atoms with E-state index in [9.17, 15) is 10.1 Å². The van der Waals surface area contributed by atoms with Gasteiger partial charge in [0, 0.05) is 6.07 Å². The second-order valence-electron chi connectivity index (χ2n) is 4.79. The van der Waals surface area contributed by atoms with Crippen LogP contribution in [0.5, 0.6) is 11.5 Å². The summed E-state index contributed by atoms with van der Waals surface area (Å²) in [6.07, 6.45) is -0.764. The predicted octanol–water partition coefficient (Wildman–Crippen LogP) is 4.33. The number of benzene rings is 2. The maximum absolute atomic E-state index is 11.1. The zero-order chi connectivity index (χ0) is 18.2. The van der Waals surface area contributed by atoms with Crippen LogP contribution in [-0.4, -0.2) is 18.1 Å². The van der Waals surface area contributed by atoms with Gasteiger partial charge in [-0.1, -0.05) is 13.8 Å². The first-order valence-electron chi connectivity index (χ1n) is 7.87. The van der Waals surface area contributed by atoms with Crippen molar-refractivity contribution >= 4 is 5.69 Å². The number of nitro groups is 1. The molecule has 0 spiro atoms. The number of rotatable bonds is 4. The molecule has 130 valence electrons. The van der Waals surface area contributed by atoms with Crippen LogP contribution in [0.4, 0.5) is 5.69 Å². The first-order valence-corrected chi connectivity index (χ1v) is 7.87. The number of nitrogens with zero attached hydrogens (tertiary/aromatic N) is 2. The van der Waals surface area contributed by atoms with Crippen LogP contribution in [-0.2, 0) is 9.47 Å². The predicted molar refractivity (Wildman–Crippen MR) is 90.3 cm³/mol. The van der Waals surface area contributed by atoms with Crippen LogP contribution >= 0.6 is 0 Å². The summed E-state index contributed by atoms with van der Waals surface area (Å²) in [5.41, 5.74) is 0.761. The number of hydrogen-bond acceptors (Lipinski definition) is 6. The average molecular weight is 342 g/mol. The average Bonchev–Trinajstić information content (AvgIpc) is 3.18. The summed E-state index contributed by atoms with van der Waals surface area (Å²) in [6.45, 7) is 4.78. The van der Waals surface area contributed by atoms with Crippen LogP contribution in [0, 0.1) is 21.4 Å². The first kappa shape index (κ1) is 18.4. The van der Waals surface area contributed by atoms with E-state index in [1.807, 2.05) is 19.9 Å². The van der Waals surface area contributed by atoms with Crippen LogP contribution < -0.4 is 4.74 Å². The molecule has 0 N–H and O–H groups in total. The summed E-state index contributed by atoms with van der Waals surface area (Å²) >= 11 is 0. The third kappa shape index (κ3) is 4.53. The maximum Gasteiger partial charge on any atom is 0.277 e. The standard InChI is InChI=1S/C16H12N2O5.C2H6/c17-10-11-1-3-12(4-2-11)23-13-5-6-15(18(19)20)14(9-13)16-21-7-8-22-16;1-2/h1-6,9,16H,7-8H2;1-2H3. The van der Waals surface area contributed by atoms with Gasteiger partial charge in [-0.15, -0.1) is 0 Å². The van der Waals surface area contributed by atoms with E-state index in [1.165, 1.54) is 18.2 Å². The SMILES string of the molecule is CC.N#Cc1ccc(Oc2ccc([N+](=O)[O-])c(C3OCCO3)c2)cc1. The van der Waals surface area contributed by atoms with Gasteiger partial charge < -0.3 is 14.2 Å². The summed E-state index contributed by atoms with van der Waals surface area (Å²) in [5.74, 6) is 0.950. The van der Waals surface area contributed by atoms with Crippen molar-refractivity contribution in [3.63, 3.8) is 0 Å². The van der Waals surface area contributed by atoms with Crippen molar-refractivity contribution < 1.29 is 19.1 Å². The summed E-state index contributed by atoms with van der Waals surface area (Å²) < 4.78 is 16.4. The van der Waals surface area contributed by atoms with Gasteiger partial charge in [-0.05, 0) is 36.4 Å². The summed E-state index contributed by atoms with van der Waals surface area (Å²) in [6, 6.07) is 13.0. The van der Waals surface area contributed by atoms with Crippen molar-refractivity contribution in [1.82, 2.24) is 0 Å². The van der Waals surface area contributed by atoms with Gasteiger partial charge in [0.1, 0.15) is 11.5 Å². The monoisotopic (exact) mass is 342 g/mol. The molecular weight excluding hydrogens is 324 g/mol.